The predicted octanol–water partition coefficient (Wildman–Crippen LogP) is 4.02. The summed E-state index contributed by atoms with van der Waals surface area (Å²) in [5.74, 6) is -0.578. The Hall–Kier alpha value is -3.09. The third kappa shape index (κ3) is 6.07. The number of thiophene rings is 1. The quantitative estimate of drug-likeness (QED) is 0.314. The van der Waals surface area contributed by atoms with Gasteiger partial charge in [0.2, 0.25) is 11.1 Å². The number of amides is 1. The number of carbonyl (C=O) groups is 3. The van der Waals surface area contributed by atoms with Crippen molar-refractivity contribution in [3.8, 4) is 5.75 Å². The number of nitrogens with zero attached hydrogens (tertiary/aromatic N) is 2. The van der Waals surface area contributed by atoms with E-state index in [2.05, 4.69) is 20.5 Å². The van der Waals surface area contributed by atoms with Crippen molar-refractivity contribution < 1.29 is 28.6 Å². The van der Waals surface area contributed by atoms with Gasteiger partial charge in [-0.1, -0.05) is 23.4 Å². The number of nitrogens with one attached hydrogen (secondary N) is 2. The summed E-state index contributed by atoms with van der Waals surface area (Å²) in [6.45, 7) is 3.63. The predicted molar refractivity (Wildman–Crippen MR) is 128 cm³/mol. The van der Waals surface area contributed by atoms with E-state index in [4.69, 9.17) is 25.8 Å². The topological polar surface area (TPSA) is 132 Å². The van der Waals surface area contributed by atoms with Gasteiger partial charge >= 0.3 is 11.9 Å². The number of aromatic amines is 1. The van der Waals surface area contributed by atoms with E-state index in [1.165, 1.54) is 14.2 Å². The van der Waals surface area contributed by atoms with Crippen LogP contribution in [0.15, 0.2) is 23.4 Å². The number of H-pyrrole nitrogens is 1. The number of halogens is 1. The summed E-state index contributed by atoms with van der Waals surface area (Å²) < 4.78 is 15.2. The highest BCUT2D eigenvalue weighted by Crippen LogP contribution is 2.34. The molecule has 0 aliphatic heterocycles. The maximum absolute atomic E-state index is 12.5. The summed E-state index contributed by atoms with van der Waals surface area (Å²) in [5, 5.41) is 10.7. The van der Waals surface area contributed by atoms with E-state index in [0.29, 0.717) is 27.3 Å². The molecule has 0 bridgehead atoms. The second kappa shape index (κ2) is 11.4. The number of rotatable bonds is 9. The Morgan fingerprint density at radius 1 is 1.18 bits per heavy atom. The average molecular weight is 525 g/mol. The average Bonchev–Trinajstić information content (AvgIpc) is 3.41. The normalized spacial score (nSPS) is 10.6. The van der Waals surface area contributed by atoms with E-state index in [-0.39, 0.29) is 27.8 Å². The fourth-order valence-electron chi connectivity index (χ4n) is 2.80. The van der Waals surface area contributed by atoms with Crippen LogP contribution in [0.25, 0.3) is 0 Å². The lowest BCUT2D eigenvalue weighted by atomic mass is 10.1. The van der Waals surface area contributed by atoms with Gasteiger partial charge in [0.15, 0.2) is 5.82 Å². The molecule has 34 heavy (non-hydrogen) atoms. The van der Waals surface area contributed by atoms with Crippen LogP contribution in [-0.2, 0) is 20.9 Å². The zero-order valence-corrected chi connectivity index (χ0v) is 21.1. The van der Waals surface area contributed by atoms with Gasteiger partial charge < -0.3 is 19.5 Å². The van der Waals surface area contributed by atoms with Gasteiger partial charge in [0, 0.05) is 5.02 Å². The van der Waals surface area contributed by atoms with Crippen molar-refractivity contribution >= 4 is 57.5 Å². The number of carbonyl (C=O) groups excluding carboxylic acids is 3. The van der Waals surface area contributed by atoms with Crippen LogP contribution in [0.4, 0.5) is 5.00 Å². The van der Waals surface area contributed by atoms with Gasteiger partial charge in [-0.15, -0.1) is 16.4 Å². The molecule has 2 aromatic heterocycles. The van der Waals surface area contributed by atoms with Gasteiger partial charge in [0.25, 0.3) is 0 Å². The monoisotopic (exact) mass is 524 g/mol. The van der Waals surface area contributed by atoms with Crippen molar-refractivity contribution in [2.45, 2.75) is 25.6 Å². The highest BCUT2D eigenvalue weighted by atomic mass is 35.5. The molecule has 0 fully saturated rings. The number of anilines is 1. The fraction of sp³-hybridized carbons (Fsp3) is 0.286. The Morgan fingerprint density at radius 2 is 1.91 bits per heavy atom. The van der Waals surface area contributed by atoms with Crippen LogP contribution in [0.1, 0.15) is 37.0 Å². The fourth-order valence-corrected chi connectivity index (χ4v) is 4.66. The molecule has 0 aliphatic rings. The van der Waals surface area contributed by atoms with Crippen LogP contribution in [0.3, 0.4) is 0 Å². The minimum absolute atomic E-state index is 0.0281. The third-order valence-corrected chi connectivity index (χ3v) is 6.97. The molecule has 2 N–H and O–H groups in total. The number of hydrogen-bond donors (Lipinski definition) is 2. The first-order valence-corrected chi connectivity index (χ1v) is 11.9. The number of thioether (sulfide) groups is 1. The van der Waals surface area contributed by atoms with Crippen LogP contribution in [-0.4, -0.2) is 53.0 Å². The lowest BCUT2D eigenvalue weighted by Crippen LogP contribution is -2.16. The highest BCUT2D eigenvalue weighted by molar-refractivity contribution is 7.99. The van der Waals surface area contributed by atoms with E-state index in [1.807, 2.05) is 13.0 Å². The molecule has 1 amide bonds. The van der Waals surface area contributed by atoms with Crippen molar-refractivity contribution in [3.63, 3.8) is 0 Å². The Balaban J connectivity index is 1.59. The van der Waals surface area contributed by atoms with Gasteiger partial charge in [0.05, 0.1) is 25.5 Å². The molecule has 1 aromatic carbocycles. The number of hydrogen-bond acceptors (Lipinski definition) is 10. The molecule has 0 spiro atoms. The minimum atomic E-state index is -0.665. The summed E-state index contributed by atoms with van der Waals surface area (Å²) in [6, 6.07) is 5.33. The summed E-state index contributed by atoms with van der Waals surface area (Å²) in [7, 11) is 2.46. The van der Waals surface area contributed by atoms with Crippen LogP contribution in [0.5, 0.6) is 5.75 Å². The lowest BCUT2D eigenvalue weighted by molar-refractivity contribution is -0.113. The number of benzene rings is 1. The number of esters is 2. The van der Waals surface area contributed by atoms with Crippen molar-refractivity contribution in [1.82, 2.24) is 15.2 Å². The van der Waals surface area contributed by atoms with Gasteiger partial charge in [-0.3, -0.25) is 9.89 Å². The van der Waals surface area contributed by atoms with E-state index < -0.39 is 17.8 Å². The molecule has 3 aromatic rings. The highest BCUT2D eigenvalue weighted by Gasteiger charge is 2.26. The van der Waals surface area contributed by atoms with Crippen molar-refractivity contribution in [1.29, 1.82) is 0 Å². The molecule has 0 unspecified atom stereocenters. The molecule has 0 aliphatic carbocycles. The zero-order chi connectivity index (χ0) is 24.8. The van der Waals surface area contributed by atoms with Crippen molar-refractivity contribution in [2.24, 2.45) is 0 Å². The van der Waals surface area contributed by atoms with Crippen LogP contribution in [0, 0.1) is 13.8 Å². The van der Waals surface area contributed by atoms with Crippen molar-refractivity contribution in [2.75, 3.05) is 25.3 Å². The zero-order valence-electron chi connectivity index (χ0n) is 18.7. The third-order valence-electron chi connectivity index (χ3n) is 4.51. The van der Waals surface area contributed by atoms with Gasteiger partial charge in [0.1, 0.15) is 22.2 Å². The summed E-state index contributed by atoms with van der Waals surface area (Å²) in [4.78, 5) is 41.1. The molecule has 0 radical (unpaired) electrons. The molecular formula is C21H21ClN4O6S2. The van der Waals surface area contributed by atoms with Crippen LogP contribution < -0.4 is 10.1 Å². The molecular weight excluding hydrogens is 504 g/mol. The van der Waals surface area contributed by atoms with Crippen molar-refractivity contribution in [3.05, 3.63) is 50.6 Å². The number of aromatic nitrogens is 3. The Bertz CT molecular complexity index is 1230. The molecule has 2 heterocycles. The standard InChI is InChI=1S/C21H21ClN4O6S2/c1-10-7-12(5-6-13(10)22)32-8-14-23-21(26-25-14)33-9-15(27)24-18-16(19(28)30-3)11(2)17(34-18)20(29)31-4/h5-7H,8-9H2,1-4H3,(H,24,27)(H,23,25,26). The maximum atomic E-state index is 12.5. The van der Waals surface area contributed by atoms with E-state index >= 15 is 0 Å². The first-order valence-electron chi connectivity index (χ1n) is 9.76. The molecule has 180 valence electrons. The number of methoxy groups -OCH3 is 2. The van der Waals surface area contributed by atoms with E-state index in [9.17, 15) is 14.4 Å². The molecule has 13 heteroatoms. The molecule has 0 saturated carbocycles. The Kier molecular flexibility index (Phi) is 8.53. The van der Waals surface area contributed by atoms with Gasteiger partial charge in [-0.05, 0) is 43.2 Å². The van der Waals surface area contributed by atoms with E-state index in [0.717, 1.165) is 28.7 Å². The SMILES string of the molecule is COC(=O)c1sc(NC(=O)CSc2n[nH]c(COc3ccc(Cl)c(C)c3)n2)c(C(=O)OC)c1C. The Labute approximate surface area is 208 Å². The van der Waals surface area contributed by atoms with Gasteiger partial charge in [-0.25, -0.2) is 14.6 Å². The largest absolute Gasteiger partial charge is 0.486 e. The summed E-state index contributed by atoms with van der Waals surface area (Å²) >= 11 is 8.05. The summed E-state index contributed by atoms with van der Waals surface area (Å²) in [6.07, 6.45) is 0. The minimum Gasteiger partial charge on any atom is -0.486 e. The second-order valence-electron chi connectivity index (χ2n) is 6.84. The lowest BCUT2D eigenvalue weighted by Gasteiger charge is -2.05. The first-order chi connectivity index (χ1) is 16.2. The number of ether oxygens (including phenoxy) is 3. The second-order valence-corrected chi connectivity index (χ2v) is 9.21. The Morgan fingerprint density at radius 3 is 2.59 bits per heavy atom. The van der Waals surface area contributed by atoms with Gasteiger partial charge in [-0.2, -0.15) is 0 Å². The number of aryl methyl sites for hydroxylation is 1. The van der Waals surface area contributed by atoms with E-state index in [1.54, 1.807) is 19.1 Å². The van der Waals surface area contributed by atoms with Crippen LogP contribution in [0.2, 0.25) is 5.02 Å². The smallest absolute Gasteiger partial charge is 0.348 e. The van der Waals surface area contributed by atoms with Crippen LogP contribution >= 0.6 is 34.7 Å². The molecule has 3 rings (SSSR count). The first kappa shape index (κ1) is 25.5. The molecule has 0 atom stereocenters. The molecule has 0 saturated heterocycles. The summed E-state index contributed by atoms with van der Waals surface area (Å²) in [5.41, 5.74) is 1.39. The molecule has 10 nitrogen and oxygen atoms in total. The maximum Gasteiger partial charge on any atom is 0.348 e.